The van der Waals surface area contributed by atoms with Crippen molar-refractivity contribution in [3.63, 3.8) is 0 Å². The van der Waals surface area contributed by atoms with E-state index in [2.05, 4.69) is 0 Å². The highest BCUT2D eigenvalue weighted by Gasteiger charge is 2.43. The van der Waals surface area contributed by atoms with Crippen molar-refractivity contribution in [1.29, 1.82) is 0 Å². The van der Waals surface area contributed by atoms with E-state index in [1.54, 1.807) is 50.5 Å². The summed E-state index contributed by atoms with van der Waals surface area (Å²) in [5.74, 6) is -0.978. The van der Waals surface area contributed by atoms with Gasteiger partial charge >= 0.3 is 0 Å². The van der Waals surface area contributed by atoms with E-state index >= 15 is 0 Å². The van der Waals surface area contributed by atoms with E-state index in [1.807, 2.05) is 0 Å². The maximum atomic E-state index is 12.4. The minimum absolute atomic E-state index is 0.168. The lowest BCUT2D eigenvalue weighted by Crippen LogP contribution is -2.55. The molecule has 9 heteroatoms. The first-order chi connectivity index (χ1) is 14.6. The van der Waals surface area contributed by atoms with E-state index < -0.39 is 43.0 Å². The van der Waals surface area contributed by atoms with Crippen LogP contribution in [-0.2, 0) is 4.74 Å². The smallest absolute Gasteiger partial charge is 0.253 e. The molecule has 2 amide bonds. The molecule has 1 aliphatic heterocycles. The first kappa shape index (κ1) is 22.9. The molecule has 0 aliphatic carbocycles. The van der Waals surface area contributed by atoms with E-state index in [0.29, 0.717) is 16.7 Å². The Bertz CT molecular complexity index is 976. The normalized spacial score (nSPS) is 25.8. The highest BCUT2D eigenvalue weighted by Crippen LogP contribution is 2.34. The number of aliphatic hydroxyl groups is 4. The molecule has 5 atom stereocenters. The molecule has 1 aliphatic rings. The number of carbonyl (C=O) groups is 2. The minimum Gasteiger partial charge on any atom is -0.394 e. The molecule has 2 aromatic carbocycles. The van der Waals surface area contributed by atoms with Crippen molar-refractivity contribution < 1.29 is 34.8 Å². The Balaban J connectivity index is 2.03. The fourth-order valence-electron chi connectivity index (χ4n) is 3.59. The molecule has 0 unspecified atom stereocenters. The van der Waals surface area contributed by atoms with Crippen LogP contribution in [0.3, 0.4) is 0 Å². The van der Waals surface area contributed by atoms with E-state index in [-0.39, 0.29) is 17.0 Å². The van der Waals surface area contributed by atoms with Crippen LogP contribution in [0.1, 0.15) is 32.4 Å². The summed E-state index contributed by atoms with van der Waals surface area (Å²) >= 11 is 0. The molecule has 166 valence electrons. The van der Waals surface area contributed by atoms with Crippen LogP contribution in [0, 0.1) is 0 Å². The SMILES string of the molecule is CN(C)C(=O)c1cc(C(N)=O)cc(-c2cccc([C@H]3O[C@H](CO)[C@@H](O)[C@H](O)[C@@H]3O)c2)c1. The van der Waals surface area contributed by atoms with Gasteiger partial charge in [0.05, 0.1) is 6.61 Å². The fourth-order valence-corrected chi connectivity index (χ4v) is 3.59. The monoisotopic (exact) mass is 430 g/mol. The van der Waals surface area contributed by atoms with Gasteiger partial charge in [0.25, 0.3) is 5.91 Å². The molecule has 0 saturated carbocycles. The summed E-state index contributed by atoms with van der Waals surface area (Å²) in [6.07, 6.45) is -6.41. The summed E-state index contributed by atoms with van der Waals surface area (Å²) in [5, 5.41) is 39.9. The Labute approximate surface area is 179 Å². The van der Waals surface area contributed by atoms with Crippen LogP contribution in [0.15, 0.2) is 42.5 Å². The zero-order valence-corrected chi connectivity index (χ0v) is 17.2. The van der Waals surface area contributed by atoms with Crippen LogP contribution in [-0.4, -0.2) is 82.3 Å². The maximum Gasteiger partial charge on any atom is 0.253 e. The molecule has 1 heterocycles. The van der Waals surface area contributed by atoms with Crippen LogP contribution in [0.25, 0.3) is 11.1 Å². The molecule has 2 aromatic rings. The van der Waals surface area contributed by atoms with Gasteiger partial charge in [-0.1, -0.05) is 18.2 Å². The molecule has 31 heavy (non-hydrogen) atoms. The van der Waals surface area contributed by atoms with Gasteiger partial charge in [-0.3, -0.25) is 9.59 Å². The van der Waals surface area contributed by atoms with Crippen molar-refractivity contribution in [1.82, 2.24) is 4.90 Å². The van der Waals surface area contributed by atoms with Gasteiger partial charge in [-0.2, -0.15) is 0 Å². The molecule has 9 nitrogen and oxygen atoms in total. The Hall–Kier alpha value is -2.82. The second-order valence-electron chi connectivity index (χ2n) is 7.74. The van der Waals surface area contributed by atoms with Gasteiger partial charge in [0.1, 0.15) is 30.5 Å². The van der Waals surface area contributed by atoms with Crippen molar-refractivity contribution in [2.45, 2.75) is 30.5 Å². The lowest BCUT2D eigenvalue weighted by molar-refractivity contribution is -0.231. The Morgan fingerprint density at radius 3 is 2.26 bits per heavy atom. The second kappa shape index (κ2) is 9.13. The molecule has 6 N–H and O–H groups in total. The number of hydrogen-bond acceptors (Lipinski definition) is 7. The van der Waals surface area contributed by atoms with Crippen molar-refractivity contribution in [3.05, 3.63) is 59.2 Å². The standard InChI is InChI=1S/C22H26N2O7/c1-24(2)22(30)15-8-13(7-14(9-15)21(23)29)11-4-3-5-12(6-11)20-19(28)18(27)17(26)16(10-25)31-20/h3-9,16-20,25-28H,10H2,1-2H3,(H2,23,29)/t16-,17-,18+,19+,20-/m1/s1. The predicted molar refractivity (Wildman–Crippen MR) is 111 cm³/mol. The molecular formula is C22H26N2O7. The van der Waals surface area contributed by atoms with Gasteiger partial charge in [-0.15, -0.1) is 0 Å². The van der Waals surface area contributed by atoms with Crippen molar-refractivity contribution in [2.75, 3.05) is 20.7 Å². The lowest BCUT2D eigenvalue weighted by Gasteiger charge is -2.40. The summed E-state index contributed by atoms with van der Waals surface area (Å²) in [5.41, 5.74) is 7.54. The Kier molecular flexibility index (Phi) is 6.73. The average Bonchev–Trinajstić information content (AvgIpc) is 2.76. The summed E-state index contributed by atoms with van der Waals surface area (Å²) in [4.78, 5) is 25.6. The van der Waals surface area contributed by atoms with Gasteiger partial charge in [0, 0.05) is 25.2 Å². The highest BCUT2D eigenvalue weighted by atomic mass is 16.5. The van der Waals surface area contributed by atoms with E-state index in [9.17, 15) is 30.0 Å². The lowest BCUT2D eigenvalue weighted by atomic mass is 9.89. The highest BCUT2D eigenvalue weighted by molar-refractivity contribution is 6.00. The summed E-state index contributed by atoms with van der Waals surface area (Å²) in [6, 6.07) is 11.4. The largest absolute Gasteiger partial charge is 0.394 e. The number of benzene rings is 2. The zero-order chi connectivity index (χ0) is 22.9. The van der Waals surface area contributed by atoms with Gasteiger partial charge in [-0.25, -0.2) is 0 Å². The quantitative estimate of drug-likeness (QED) is 0.435. The minimum atomic E-state index is -1.50. The number of nitrogens with zero attached hydrogens (tertiary/aromatic N) is 1. The fraction of sp³-hybridized carbons (Fsp3) is 0.364. The first-order valence-corrected chi connectivity index (χ1v) is 9.71. The van der Waals surface area contributed by atoms with Crippen LogP contribution in [0.4, 0.5) is 0 Å². The molecule has 3 rings (SSSR count). The number of carbonyl (C=O) groups excluding carboxylic acids is 2. The number of hydrogen-bond donors (Lipinski definition) is 5. The zero-order valence-electron chi connectivity index (χ0n) is 17.2. The molecular weight excluding hydrogens is 404 g/mol. The molecule has 1 fully saturated rings. The van der Waals surface area contributed by atoms with E-state index in [4.69, 9.17) is 10.5 Å². The molecule has 0 radical (unpaired) electrons. The topological polar surface area (TPSA) is 154 Å². The third-order valence-corrected chi connectivity index (χ3v) is 5.31. The Morgan fingerprint density at radius 1 is 0.968 bits per heavy atom. The predicted octanol–water partition coefficient (Wildman–Crippen LogP) is -0.331. The summed E-state index contributed by atoms with van der Waals surface area (Å²) in [7, 11) is 3.19. The molecule has 0 bridgehead atoms. The number of amides is 2. The third kappa shape index (κ3) is 4.60. The number of aliphatic hydroxyl groups excluding tert-OH is 4. The molecule has 0 aromatic heterocycles. The van der Waals surface area contributed by atoms with Gasteiger partial charge in [0.15, 0.2) is 0 Å². The Morgan fingerprint density at radius 2 is 1.65 bits per heavy atom. The van der Waals surface area contributed by atoms with E-state index in [1.165, 1.54) is 11.0 Å². The van der Waals surface area contributed by atoms with Crippen LogP contribution < -0.4 is 5.73 Å². The van der Waals surface area contributed by atoms with Gasteiger partial charge in [0.2, 0.25) is 5.91 Å². The van der Waals surface area contributed by atoms with Gasteiger partial charge < -0.3 is 35.8 Å². The van der Waals surface area contributed by atoms with Crippen molar-refractivity contribution in [3.8, 4) is 11.1 Å². The maximum absolute atomic E-state index is 12.4. The van der Waals surface area contributed by atoms with Crippen LogP contribution in [0.5, 0.6) is 0 Å². The first-order valence-electron chi connectivity index (χ1n) is 9.71. The summed E-state index contributed by atoms with van der Waals surface area (Å²) < 4.78 is 5.62. The number of rotatable bonds is 5. The molecule has 0 spiro atoms. The van der Waals surface area contributed by atoms with E-state index in [0.717, 1.165) is 0 Å². The third-order valence-electron chi connectivity index (χ3n) is 5.31. The van der Waals surface area contributed by atoms with Crippen LogP contribution in [0.2, 0.25) is 0 Å². The number of primary amides is 1. The molecule has 1 saturated heterocycles. The second-order valence-corrected chi connectivity index (χ2v) is 7.74. The van der Waals surface area contributed by atoms with Gasteiger partial charge in [-0.05, 0) is 41.0 Å². The van der Waals surface area contributed by atoms with Crippen molar-refractivity contribution in [2.24, 2.45) is 5.73 Å². The average molecular weight is 430 g/mol. The number of ether oxygens (including phenoxy) is 1. The van der Waals surface area contributed by atoms with Crippen molar-refractivity contribution >= 4 is 11.8 Å². The van der Waals surface area contributed by atoms with Crippen LogP contribution >= 0.6 is 0 Å². The number of nitrogens with two attached hydrogens (primary N) is 1. The summed E-state index contributed by atoms with van der Waals surface area (Å²) in [6.45, 7) is -0.530.